The van der Waals surface area contributed by atoms with E-state index >= 15 is 0 Å². The maximum absolute atomic E-state index is 11.4. The van der Waals surface area contributed by atoms with Crippen LogP contribution >= 0.6 is 0 Å². The van der Waals surface area contributed by atoms with Crippen molar-refractivity contribution in [1.29, 1.82) is 0 Å². The summed E-state index contributed by atoms with van der Waals surface area (Å²) in [7, 11) is 1.72. The number of carbonyl (C=O) groups excluding carboxylic acids is 1. The predicted octanol–water partition coefficient (Wildman–Crippen LogP) is -0.503. The fraction of sp³-hybridized carbons (Fsp3) is 0.500. The molecule has 1 unspecified atom stereocenters. The number of rotatable bonds is 3. The summed E-state index contributed by atoms with van der Waals surface area (Å²) in [5, 5.41) is 6.59. The minimum atomic E-state index is -0.141. The van der Waals surface area contributed by atoms with Crippen LogP contribution in [0.2, 0.25) is 0 Å². The average molecular weight is 182 g/mol. The van der Waals surface area contributed by atoms with Gasteiger partial charge in [0.05, 0.1) is 0 Å². The zero-order valence-corrected chi connectivity index (χ0v) is 7.82. The van der Waals surface area contributed by atoms with E-state index in [1.165, 1.54) is 4.68 Å². The summed E-state index contributed by atoms with van der Waals surface area (Å²) in [6, 6.07) is 1.63. The highest BCUT2D eigenvalue weighted by molar-refractivity contribution is 5.92. The Hall–Kier alpha value is -1.36. The molecule has 0 radical (unpaired) electrons. The van der Waals surface area contributed by atoms with Gasteiger partial charge in [-0.2, -0.15) is 5.10 Å². The minimum absolute atomic E-state index is 0.0304. The van der Waals surface area contributed by atoms with E-state index in [0.717, 1.165) is 0 Å². The number of nitrogens with two attached hydrogens (primary N) is 1. The smallest absolute Gasteiger partial charge is 0.269 e. The normalized spacial score (nSPS) is 12.5. The van der Waals surface area contributed by atoms with E-state index in [4.69, 9.17) is 5.73 Å². The lowest BCUT2D eigenvalue weighted by Gasteiger charge is -2.07. The molecule has 0 spiro atoms. The fourth-order valence-corrected chi connectivity index (χ4v) is 0.941. The Morgan fingerprint density at radius 1 is 1.85 bits per heavy atom. The van der Waals surface area contributed by atoms with Crippen LogP contribution in [0.25, 0.3) is 0 Å². The zero-order valence-electron chi connectivity index (χ0n) is 7.82. The zero-order chi connectivity index (χ0) is 9.84. The molecule has 1 aromatic rings. The molecule has 1 amide bonds. The van der Waals surface area contributed by atoms with Crippen molar-refractivity contribution >= 4 is 5.91 Å². The van der Waals surface area contributed by atoms with Crippen LogP contribution in [0.15, 0.2) is 12.3 Å². The molecule has 0 aromatic carbocycles. The van der Waals surface area contributed by atoms with Crippen molar-refractivity contribution in [3.05, 3.63) is 18.0 Å². The summed E-state index contributed by atoms with van der Waals surface area (Å²) in [5.74, 6) is -0.141. The lowest BCUT2D eigenvalue weighted by molar-refractivity contribution is 0.0942. The highest BCUT2D eigenvalue weighted by Crippen LogP contribution is 1.94. The van der Waals surface area contributed by atoms with Crippen molar-refractivity contribution in [2.75, 3.05) is 6.54 Å². The molecular formula is C8H14N4O. The van der Waals surface area contributed by atoms with Crippen molar-refractivity contribution in [3.8, 4) is 0 Å². The SMILES string of the molecule is CC(N)CNC(=O)c1ccnn1C. The number of amides is 1. The standard InChI is InChI=1S/C8H14N4O/c1-6(9)5-10-8(13)7-3-4-11-12(7)2/h3-4,6H,5,9H2,1-2H3,(H,10,13). The quantitative estimate of drug-likeness (QED) is 0.661. The molecular weight excluding hydrogens is 168 g/mol. The molecule has 1 heterocycles. The Labute approximate surface area is 76.9 Å². The summed E-state index contributed by atoms with van der Waals surface area (Å²) in [5.41, 5.74) is 6.04. The highest BCUT2D eigenvalue weighted by atomic mass is 16.2. The number of nitrogens with zero attached hydrogens (tertiary/aromatic N) is 2. The molecule has 0 aliphatic heterocycles. The molecule has 0 saturated carbocycles. The lowest BCUT2D eigenvalue weighted by atomic mass is 10.3. The molecule has 1 aromatic heterocycles. The molecule has 1 atom stereocenters. The van der Waals surface area contributed by atoms with Crippen LogP contribution in [0.3, 0.4) is 0 Å². The van der Waals surface area contributed by atoms with Gasteiger partial charge in [-0.15, -0.1) is 0 Å². The second-order valence-corrected chi connectivity index (χ2v) is 3.03. The van der Waals surface area contributed by atoms with Crippen molar-refractivity contribution in [2.45, 2.75) is 13.0 Å². The largest absolute Gasteiger partial charge is 0.349 e. The van der Waals surface area contributed by atoms with Gasteiger partial charge in [-0.1, -0.05) is 0 Å². The Kier molecular flexibility index (Phi) is 3.02. The fourth-order valence-electron chi connectivity index (χ4n) is 0.941. The van der Waals surface area contributed by atoms with E-state index in [-0.39, 0.29) is 11.9 Å². The van der Waals surface area contributed by atoms with Crippen LogP contribution in [0.1, 0.15) is 17.4 Å². The number of hydrogen-bond donors (Lipinski definition) is 2. The first-order chi connectivity index (χ1) is 6.11. The molecule has 3 N–H and O–H groups in total. The van der Waals surface area contributed by atoms with E-state index in [1.807, 2.05) is 6.92 Å². The molecule has 5 nitrogen and oxygen atoms in total. The number of aryl methyl sites for hydroxylation is 1. The van der Waals surface area contributed by atoms with Gasteiger partial charge < -0.3 is 11.1 Å². The summed E-state index contributed by atoms with van der Waals surface area (Å²) >= 11 is 0. The van der Waals surface area contributed by atoms with Crippen molar-refractivity contribution in [3.63, 3.8) is 0 Å². The van der Waals surface area contributed by atoms with Gasteiger partial charge in [0.2, 0.25) is 0 Å². The van der Waals surface area contributed by atoms with E-state index < -0.39 is 0 Å². The molecule has 0 fully saturated rings. The maximum Gasteiger partial charge on any atom is 0.269 e. The minimum Gasteiger partial charge on any atom is -0.349 e. The van der Waals surface area contributed by atoms with E-state index in [0.29, 0.717) is 12.2 Å². The van der Waals surface area contributed by atoms with Gasteiger partial charge in [0.15, 0.2) is 0 Å². The molecule has 1 rings (SSSR count). The van der Waals surface area contributed by atoms with Crippen molar-refractivity contribution < 1.29 is 4.79 Å². The summed E-state index contributed by atoms with van der Waals surface area (Å²) in [6.07, 6.45) is 1.58. The second-order valence-electron chi connectivity index (χ2n) is 3.03. The average Bonchev–Trinajstić information content (AvgIpc) is 2.47. The van der Waals surface area contributed by atoms with Crippen LogP contribution in [-0.2, 0) is 7.05 Å². The lowest BCUT2D eigenvalue weighted by Crippen LogP contribution is -2.35. The third-order valence-electron chi connectivity index (χ3n) is 1.64. The van der Waals surface area contributed by atoms with Crippen LogP contribution in [0, 0.1) is 0 Å². The number of carbonyl (C=O) groups is 1. The summed E-state index contributed by atoms with van der Waals surface area (Å²) in [6.45, 7) is 2.31. The van der Waals surface area contributed by atoms with Gasteiger partial charge in [0, 0.05) is 25.8 Å². The van der Waals surface area contributed by atoms with Crippen LogP contribution in [0.4, 0.5) is 0 Å². The third-order valence-corrected chi connectivity index (χ3v) is 1.64. The topological polar surface area (TPSA) is 72.9 Å². The predicted molar refractivity (Wildman–Crippen MR) is 49.2 cm³/mol. The Morgan fingerprint density at radius 3 is 3.00 bits per heavy atom. The highest BCUT2D eigenvalue weighted by Gasteiger charge is 2.08. The molecule has 72 valence electrons. The van der Waals surface area contributed by atoms with Crippen LogP contribution in [-0.4, -0.2) is 28.3 Å². The third kappa shape index (κ3) is 2.55. The molecule has 0 saturated heterocycles. The molecule has 5 heteroatoms. The van der Waals surface area contributed by atoms with Gasteiger partial charge >= 0.3 is 0 Å². The maximum atomic E-state index is 11.4. The van der Waals surface area contributed by atoms with Gasteiger partial charge in [0.1, 0.15) is 5.69 Å². The first-order valence-electron chi connectivity index (χ1n) is 4.13. The van der Waals surface area contributed by atoms with E-state index in [9.17, 15) is 4.79 Å². The Balaban J connectivity index is 2.54. The number of aromatic nitrogens is 2. The summed E-state index contributed by atoms with van der Waals surface area (Å²) in [4.78, 5) is 11.4. The Bertz CT molecular complexity index is 292. The van der Waals surface area contributed by atoms with Gasteiger partial charge in [-0.05, 0) is 13.0 Å². The van der Waals surface area contributed by atoms with Gasteiger partial charge in [-0.3, -0.25) is 9.48 Å². The van der Waals surface area contributed by atoms with Crippen LogP contribution < -0.4 is 11.1 Å². The van der Waals surface area contributed by atoms with Crippen molar-refractivity contribution in [2.24, 2.45) is 12.8 Å². The number of nitrogens with one attached hydrogen (secondary N) is 1. The first-order valence-corrected chi connectivity index (χ1v) is 4.13. The molecule has 0 aliphatic carbocycles. The van der Waals surface area contributed by atoms with Crippen LogP contribution in [0.5, 0.6) is 0 Å². The summed E-state index contributed by atoms with van der Waals surface area (Å²) < 4.78 is 1.52. The number of hydrogen-bond acceptors (Lipinski definition) is 3. The van der Waals surface area contributed by atoms with Gasteiger partial charge in [0.25, 0.3) is 5.91 Å². The first kappa shape index (κ1) is 9.73. The molecule has 0 bridgehead atoms. The van der Waals surface area contributed by atoms with Gasteiger partial charge in [-0.25, -0.2) is 0 Å². The van der Waals surface area contributed by atoms with E-state index in [1.54, 1.807) is 19.3 Å². The Morgan fingerprint density at radius 2 is 2.54 bits per heavy atom. The molecule has 13 heavy (non-hydrogen) atoms. The monoisotopic (exact) mass is 182 g/mol. The molecule has 0 aliphatic rings. The van der Waals surface area contributed by atoms with Crippen molar-refractivity contribution in [1.82, 2.24) is 15.1 Å². The second kappa shape index (κ2) is 4.04. The van der Waals surface area contributed by atoms with E-state index in [2.05, 4.69) is 10.4 Å².